The van der Waals surface area contributed by atoms with E-state index in [9.17, 15) is 14.4 Å². The van der Waals surface area contributed by atoms with Crippen molar-refractivity contribution in [2.24, 2.45) is 0 Å². The smallest absolute Gasteiger partial charge is 0.337 e. The van der Waals surface area contributed by atoms with Crippen LogP contribution >= 0.6 is 27.3 Å². The van der Waals surface area contributed by atoms with Gasteiger partial charge >= 0.3 is 12.0 Å². The zero-order valence-electron chi connectivity index (χ0n) is 22.5. The van der Waals surface area contributed by atoms with Gasteiger partial charge in [0.05, 0.1) is 34.9 Å². The molecule has 0 spiro atoms. The van der Waals surface area contributed by atoms with E-state index < -0.39 is 0 Å². The first kappa shape index (κ1) is 28.8. The number of esters is 1. The maximum atomic E-state index is 13.5. The second kappa shape index (κ2) is 13.2. The summed E-state index contributed by atoms with van der Waals surface area (Å²) in [5.74, 6) is 0.247. The standard InChI is InChI=1S/C29H33BrN4O4S/c1-4-6-8-26-31-17-22(33(26)18-20-9-11-21(12-10-20)28(36)38-3)16-24-27(35)32(15-7-5-2)29(37)34(24)19-23-13-14-25(30)39-23/h9-14,16-17H,4-8,15,18-19H2,1-3H3/b24-16-. The molecule has 2 aromatic heterocycles. The molecule has 0 N–H and O–H groups in total. The molecular formula is C29H33BrN4O4S. The molecule has 3 amide bonds. The van der Waals surface area contributed by atoms with Gasteiger partial charge in [0.15, 0.2) is 0 Å². The van der Waals surface area contributed by atoms with E-state index >= 15 is 0 Å². The third kappa shape index (κ3) is 6.67. The number of hydrogen-bond acceptors (Lipinski definition) is 6. The number of ether oxygens (including phenoxy) is 1. The third-order valence-corrected chi connectivity index (χ3v) is 8.23. The molecule has 1 aliphatic rings. The average Bonchev–Trinajstić information content (AvgIpc) is 3.59. The number of rotatable bonds is 12. The number of imide groups is 1. The average molecular weight is 614 g/mol. The molecule has 1 aromatic carbocycles. The van der Waals surface area contributed by atoms with Gasteiger partial charge in [-0.05, 0) is 64.7 Å². The van der Waals surface area contributed by atoms with Crippen molar-refractivity contribution in [2.75, 3.05) is 13.7 Å². The summed E-state index contributed by atoms with van der Waals surface area (Å²) in [5.41, 5.74) is 2.57. The Morgan fingerprint density at radius 2 is 1.77 bits per heavy atom. The van der Waals surface area contributed by atoms with Crippen LogP contribution in [-0.4, -0.2) is 50.9 Å². The Labute approximate surface area is 241 Å². The van der Waals surface area contributed by atoms with E-state index in [2.05, 4.69) is 32.4 Å². The lowest BCUT2D eigenvalue weighted by Crippen LogP contribution is -2.33. The van der Waals surface area contributed by atoms with Crippen LogP contribution < -0.4 is 0 Å². The van der Waals surface area contributed by atoms with Gasteiger partial charge in [-0.15, -0.1) is 11.3 Å². The van der Waals surface area contributed by atoms with Crippen molar-refractivity contribution < 1.29 is 19.1 Å². The molecule has 0 unspecified atom stereocenters. The van der Waals surface area contributed by atoms with E-state index in [-0.39, 0.29) is 17.9 Å². The van der Waals surface area contributed by atoms with Gasteiger partial charge in [0, 0.05) is 24.4 Å². The van der Waals surface area contributed by atoms with Crippen LogP contribution in [0.3, 0.4) is 0 Å². The number of thiophene rings is 1. The maximum absolute atomic E-state index is 13.5. The highest BCUT2D eigenvalue weighted by molar-refractivity contribution is 9.11. The fourth-order valence-electron chi connectivity index (χ4n) is 4.44. The van der Waals surface area contributed by atoms with Crippen molar-refractivity contribution in [1.82, 2.24) is 19.4 Å². The lowest BCUT2D eigenvalue weighted by atomic mass is 10.1. The second-order valence-corrected chi connectivity index (χ2v) is 11.9. The topological polar surface area (TPSA) is 84.7 Å². The predicted molar refractivity (Wildman–Crippen MR) is 155 cm³/mol. The van der Waals surface area contributed by atoms with E-state index in [1.165, 1.54) is 12.0 Å². The number of nitrogens with zero attached hydrogens (tertiary/aromatic N) is 4. The van der Waals surface area contributed by atoms with Crippen molar-refractivity contribution in [3.8, 4) is 0 Å². The number of methoxy groups -OCH3 is 1. The molecule has 4 rings (SSSR count). The maximum Gasteiger partial charge on any atom is 0.337 e. The van der Waals surface area contributed by atoms with Crippen molar-refractivity contribution in [2.45, 2.75) is 59.0 Å². The number of aromatic nitrogens is 2. The molecule has 39 heavy (non-hydrogen) atoms. The van der Waals surface area contributed by atoms with Gasteiger partial charge in [0.1, 0.15) is 11.5 Å². The van der Waals surface area contributed by atoms with Crippen molar-refractivity contribution >= 4 is 51.3 Å². The third-order valence-electron chi connectivity index (χ3n) is 6.62. The minimum atomic E-state index is -0.381. The van der Waals surface area contributed by atoms with Gasteiger partial charge in [-0.1, -0.05) is 38.8 Å². The number of amides is 3. The number of aryl methyl sites for hydroxylation is 1. The van der Waals surface area contributed by atoms with E-state index in [0.29, 0.717) is 30.9 Å². The number of carbonyl (C=O) groups is 3. The van der Waals surface area contributed by atoms with Gasteiger partial charge in [-0.25, -0.2) is 14.6 Å². The Hall–Kier alpha value is -3.24. The van der Waals surface area contributed by atoms with Crippen LogP contribution in [0.4, 0.5) is 4.79 Å². The van der Waals surface area contributed by atoms with Gasteiger partial charge in [0.25, 0.3) is 5.91 Å². The minimum Gasteiger partial charge on any atom is -0.465 e. The number of imidazole rings is 1. The Balaban J connectivity index is 1.71. The molecule has 1 fully saturated rings. The molecule has 0 radical (unpaired) electrons. The molecule has 0 bridgehead atoms. The van der Waals surface area contributed by atoms with Crippen LogP contribution in [0.2, 0.25) is 0 Å². The Morgan fingerprint density at radius 3 is 2.41 bits per heavy atom. The van der Waals surface area contributed by atoms with Crippen LogP contribution in [0.25, 0.3) is 6.08 Å². The first-order valence-electron chi connectivity index (χ1n) is 13.2. The first-order chi connectivity index (χ1) is 18.9. The largest absolute Gasteiger partial charge is 0.465 e. The van der Waals surface area contributed by atoms with E-state index in [0.717, 1.165) is 57.8 Å². The lowest BCUT2D eigenvalue weighted by molar-refractivity contribution is -0.123. The van der Waals surface area contributed by atoms with Crippen LogP contribution in [0.5, 0.6) is 0 Å². The van der Waals surface area contributed by atoms with E-state index in [1.807, 2.05) is 31.2 Å². The lowest BCUT2D eigenvalue weighted by Gasteiger charge is -2.16. The van der Waals surface area contributed by atoms with Crippen LogP contribution in [-0.2, 0) is 29.0 Å². The Bertz CT molecular complexity index is 1360. The highest BCUT2D eigenvalue weighted by atomic mass is 79.9. The molecule has 3 heterocycles. The molecule has 8 nitrogen and oxygen atoms in total. The van der Waals surface area contributed by atoms with Crippen molar-refractivity contribution in [3.05, 3.63) is 79.6 Å². The highest BCUT2D eigenvalue weighted by Gasteiger charge is 2.41. The molecule has 1 aliphatic heterocycles. The molecule has 206 valence electrons. The number of carbonyl (C=O) groups excluding carboxylic acids is 3. The van der Waals surface area contributed by atoms with Crippen molar-refractivity contribution in [1.29, 1.82) is 0 Å². The summed E-state index contributed by atoms with van der Waals surface area (Å²) in [6, 6.07) is 10.9. The zero-order chi connectivity index (χ0) is 27.9. The number of urea groups is 1. The van der Waals surface area contributed by atoms with E-state index in [1.54, 1.807) is 40.6 Å². The van der Waals surface area contributed by atoms with Gasteiger partial charge in [-0.2, -0.15) is 0 Å². The number of unbranched alkanes of at least 4 members (excludes halogenated alkanes) is 2. The van der Waals surface area contributed by atoms with Gasteiger partial charge in [0.2, 0.25) is 0 Å². The SMILES string of the molecule is CCCCc1ncc(/C=C2/C(=O)N(CCCC)C(=O)N2Cc2ccc(Br)s2)n1Cc1ccc(C(=O)OC)cc1. The summed E-state index contributed by atoms with van der Waals surface area (Å²) in [6.07, 6.45) is 8.01. The quantitative estimate of drug-likeness (QED) is 0.133. The van der Waals surface area contributed by atoms with Crippen molar-refractivity contribution in [3.63, 3.8) is 0 Å². The van der Waals surface area contributed by atoms with E-state index in [4.69, 9.17) is 4.74 Å². The second-order valence-electron chi connectivity index (χ2n) is 9.39. The van der Waals surface area contributed by atoms with Crippen LogP contribution in [0, 0.1) is 0 Å². The highest BCUT2D eigenvalue weighted by Crippen LogP contribution is 2.30. The summed E-state index contributed by atoms with van der Waals surface area (Å²) in [6.45, 7) is 5.40. The van der Waals surface area contributed by atoms with Crippen LogP contribution in [0.1, 0.15) is 71.8 Å². The summed E-state index contributed by atoms with van der Waals surface area (Å²) in [7, 11) is 1.36. The molecule has 3 aromatic rings. The summed E-state index contributed by atoms with van der Waals surface area (Å²) in [4.78, 5) is 47.4. The van der Waals surface area contributed by atoms with Gasteiger partial charge in [-0.3, -0.25) is 14.6 Å². The number of hydrogen-bond donors (Lipinski definition) is 0. The molecule has 10 heteroatoms. The fraction of sp³-hybridized carbons (Fsp3) is 0.379. The summed E-state index contributed by atoms with van der Waals surface area (Å²) in [5, 5.41) is 0. The Morgan fingerprint density at radius 1 is 1.03 bits per heavy atom. The molecule has 0 saturated carbocycles. The fourth-order valence-corrected chi connectivity index (χ4v) is 5.91. The summed E-state index contributed by atoms with van der Waals surface area (Å²) >= 11 is 5.03. The Kier molecular flexibility index (Phi) is 9.74. The monoisotopic (exact) mass is 612 g/mol. The summed E-state index contributed by atoms with van der Waals surface area (Å²) < 4.78 is 7.87. The molecule has 0 aliphatic carbocycles. The zero-order valence-corrected chi connectivity index (χ0v) is 24.9. The normalized spacial score (nSPS) is 14.6. The molecule has 0 atom stereocenters. The minimum absolute atomic E-state index is 0.283. The first-order valence-corrected chi connectivity index (χ1v) is 14.8. The number of halogens is 1. The molecular weight excluding hydrogens is 580 g/mol. The molecule has 1 saturated heterocycles. The predicted octanol–water partition coefficient (Wildman–Crippen LogP) is 6.49. The van der Waals surface area contributed by atoms with Gasteiger partial charge < -0.3 is 9.30 Å². The number of benzene rings is 1. The van der Waals surface area contributed by atoms with Crippen LogP contribution in [0.15, 0.2) is 52.1 Å².